The minimum absolute atomic E-state index is 0.0475. The maximum absolute atomic E-state index is 12.5. The average Bonchev–Trinajstić information content (AvgIpc) is 2.68. The van der Waals surface area contributed by atoms with E-state index in [1.54, 1.807) is 12.1 Å². The summed E-state index contributed by atoms with van der Waals surface area (Å²) in [7, 11) is 0. The van der Waals surface area contributed by atoms with Crippen LogP contribution in [0.15, 0.2) is 30.5 Å². The zero-order valence-corrected chi connectivity index (χ0v) is 16.5. The number of benzene rings is 1. The van der Waals surface area contributed by atoms with E-state index in [1.165, 1.54) is 18.3 Å². The van der Waals surface area contributed by atoms with E-state index in [0.717, 1.165) is 0 Å². The Balaban J connectivity index is 1.65. The molecule has 1 aromatic heterocycles. The van der Waals surface area contributed by atoms with Crippen molar-refractivity contribution in [1.29, 1.82) is 5.26 Å². The molecule has 1 aliphatic rings. The van der Waals surface area contributed by atoms with Crippen LogP contribution in [0.2, 0.25) is 0 Å². The molecule has 1 saturated carbocycles. The van der Waals surface area contributed by atoms with Crippen molar-refractivity contribution in [1.82, 2.24) is 9.97 Å². The van der Waals surface area contributed by atoms with Crippen LogP contribution in [0.4, 0.5) is 24.9 Å². The summed E-state index contributed by atoms with van der Waals surface area (Å²) >= 11 is 0. The van der Waals surface area contributed by atoms with Crippen LogP contribution in [-0.4, -0.2) is 40.1 Å². The van der Waals surface area contributed by atoms with E-state index in [-0.39, 0.29) is 41.7 Å². The van der Waals surface area contributed by atoms with Crippen LogP contribution in [0.3, 0.4) is 0 Å². The molecule has 0 radical (unpaired) electrons. The van der Waals surface area contributed by atoms with Gasteiger partial charge in [0.25, 0.3) is 0 Å². The first-order valence-corrected chi connectivity index (χ1v) is 9.39. The Labute approximate surface area is 171 Å². The van der Waals surface area contributed by atoms with Gasteiger partial charge in [0.2, 0.25) is 5.95 Å². The second-order valence-electron chi connectivity index (χ2n) is 7.67. The van der Waals surface area contributed by atoms with Crippen LogP contribution in [0.25, 0.3) is 0 Å². The first kappa shape index (κ1) is 21.6. The highest BCUT2D eigenvalue weighted by Gasteiger charge is 2.47. The lowest BCUT2D eigenvalue weighted by atomic mass is 9.64. The second kappa shape index (κ2) is 8.36. The van der Waals surface area contributed by atoms with Crippen LogP contribution in [0, 0.1) is 16.7 Å². The Bertz CT molecular complexity index is 943. The summed E-state index contributed by atoms with van der Waals surface area (Å²) < 4.78 is 41.7. The summed E-state index contributed by atoms with van der Waals surface area (Å²) in [4.78, 5) is 8.40. The van der Waals surface area contributed by atoms with Crippen molar-refractivity contribution >= 4 is 11.8 Å². The summed E-state index contributed by atoms with van der Waals surface area (Å²) in [6, 6.07) is 7.90. The molecule has 1 aliphatic carbocycles. The van der Waals surface area contributed by atoms with Crippen LogP contribution in [-0.2, 0) is 6.42 Å². The molecule has 1 fully saturated rings. The van der Waals surface area contributed by atoms with Crippen molar-refractivity contribution in [2.75, 3.05) is 17.2 Å². The van der Waals surface area contributed by atoms with Gasteiger partial charge in [0, 0.05) is 18.0 Å². The molecule has 3 N–H and O–H groups in total. The summed E-state index contributed by atoms with van der Waals surface area (Å²) in [5.74, 6) is 0.338. The Morgan fingerprint density at radius 3 is 2.70 bits per heavy atom. The number of aliphatic hydroxyl groups is 1. The molecule has 1 heterocycles. The van der Waals surface area contributed by atoms with Crippen LogP contribution in [0.5, 0.6) is 5.75 Å². The molecule has 30 heavy (non-hydrogen) atoms. The summed E-state index contributed by atoms with van der Waals surface area (Å²) in [5, 5.41) is 25.3. The topological polar surface area (TPSA) is 103 Å². The molecule has 0 amide bonds. The van der Waals surface area contributed by atoms with Crippen molar-refractivity contribution in [3.8, 4) is 11.8 Å². The maximum Gasteiger partial charge on any atom is 0.573 e. The number of nitriles is 1. The van der Waals surface area contributed by atoms with Gasteiger partial charge >= 0.3 is 6.36 Å². The number of para-hydroxylation sites is 1. The Morgan fingerprint density at radius 2 is 2.07 bits per heavy atom. The molecule has 7 nitrogen and oxygen atoms in total. The quantitative estimate of drug-likeness (QED) is 0.629. The zero-order valence-electron chi connectivity index (χ0n) is 16.5. The summed E-state index contributed by atoms with van der Waals surface area (Å²) in [5.41, 5.74) is 0.300. The third-order valence-corrected chi connectivity index (χ3v) is 5.31. The fraction of sp³-hybridized carbons (Fsp3) is 0.450. The van der Waals surface area contributed by atoms with E-state index in [1.807, 2.05) is 19.9 Å². The molecular formula is C20H22F3N5O2. The highest BCUT2D eigenvalue weighted by molar-refractivity contribution is 5.54. The number of hydrogen-bond acceptors (Lipinski definition) is 7. The maximum atomic E-state index is 12.5. The first-order valence-electron chi connectivity index (χ1n) is 9.39. The minimum Gasteiger partial charge on any atom is -0.406 e. The summed E-state index contributed by atoms with van der Waals surface area (Å²) in [6.07, 6.45) is -3.02. The number of halogens is 3. The Kier molecular flexibility index (Phi) is 6.03. The number of nitrogens with one attached hydrogen (secondary N) is 2. The van der Waals surface area contributed by atoms with Crippen molar-refractivity contribution < 1.29 is 23.0 Å². The Hall–Kier alpha value is -3.06. The molecular weight excluding hydrogens is 399 g/mol. The molecule has 2 aromatic rings. The van der Waals surface area contributed by atoms with Crippen molar-refractivity contribution in [3.05, 3.63) is 41.6 Å². The van der Waals surface area contributed by atoms with Gasteiger partial charge in [-0.2, -0.15) is 10.2 Å². The van der Waals surface area contributed by atoms with Gasteiger partial charge in [0.1, 0.15) is 23.2 Å². The molecule has 3 rings (SSSR count). The molecule has 0 unspecified atom stereocenters. The normalized spacial score (nSPS) is 20.0. The van der Waals surface area contributed by atoms with Crippen LogP contribution in [0.1, 0.15) is 31.4 Å². The van der Waals surface area contributed by atoms with E-state index in [4.69, 9.17) is 0 Å². The number of aliphatic hydroxyl groups excluding tert-OH is 1. The highest BCUT2D eigenvalue weighted by Crippen LogP contribution is 2.42. The number of rotatable bonds is 7. The zero-order chi connectivity index (χ0) is 21.9. The summed E-state index contributed by atoms with van der Waals surface area (Å²) in [6.45, 7) is 4.11. The van der Waals surface area contributed by atoms with E-state index in [9.17, 15) is 23.5 Å². The smallest absolute Gasteiger partial charge is 0.406 e. The number of anilines is 2. The average molecular weight is 421 g/mol. The first-order chi connectivity index (χ1) is 14.1. The van der Waals surface area contributed by atoms with Crippen molar-refractivity contribution in [2.24, 2.45) is 5.41 Å². The SMILES string of the molecule is CC1(C)[C@@H](O)C[C@H]1Nc1nc(NCCc2ccccc2OC(F)(F)F)ncc1C#N. The lowest BCUT2D eigenvalue weighted by molar-refractivity contribution is -0.274. The molecule has 2 atom stereocenters. The fourth-order valence-corrected chi connectivity index (χ4v) is 3.21. The number of ether oxygens (including phenoxy) is 1. The largest absolute Gasteiger partial charge is 0.573 e. The number of aromatic nitrogens is 2. The van der Waals surface area contributed by atoms with E-state index in [0.29, 0.717) is 17.8 Å². The van der Waals surface area contributed by atoms with Gasteiger partial charge in [-0.05, 0) is 24.5 Å². The van der Waals surface area contributed by atoms with Crippen molar-refractivity contribution in [2.45, 2.75) is 45.2 Å². The molecule has 160 valence electrons. The van der Waals surface area contributed by atoms with Crippen molar-refractivity contribution in [3.63, 3.8) is 0 Å². The molecule has 0 spiro atoms. The molecule has 0 aliphatic heterocycles. The lowest BCUT2D eigenvalue weighted by Gasteiger charge is -2.49. The molecule has 1 aromatic carbocycles. The Morgan fingerprint density at radius 1 is 1.33 bits per heavy atom. The van der Waals surface area contributed by atoms with Gasteiger partial charge in [-0.25, -0.2) is 4.98 Å². The predicted octanol–water partition coefficient (Wildman–Crippen LogP) is 3.47. The van der Waals surface area contributed by atoms with Crippen LogP contribution < -0.4 is 15.4 Å². The minimum atomic E-state index is -4.76. The monoisotopic (exact) mass is 421 g/mol. The number of hydrogen-bond donors (Lipinski definition) is 3. The third kappa shape index (κ3) is 4.91. The van der Waals surface area contributed by atoms with Gasteiger partial charge in [-0.1, -0.05) is 32.0 Å². The highest BCUT2D eigenvalue weighted by atomic mass is 19.4. The predicted molar refractivity (Wildman–Crippen MR) is 104 cm³/mol. The van der Waals surface area contributed by atoms with Crippen LogP contribution >= 0.6 is 0 Å². The fourth-order valence-electron chi connectivity index (χ4n) is 3.21. The van der Waals surface area contributed by atoms with Gasteiger partial charge < -0.3 is 20.5 Å². The number of nitrogens with zero attached hydrogens (tertiary/aromatic N) is 3. The number of alkyl halides is 3. The molecule has 0 bridgehead atoms. The van der Waals surface area contributed by atoms with Gasteiger partial charge in [-0.3, -0.25) is 0 Å². The van der Waals surface area contributed by atoms with Gasteiger partial charge in [0.15, 0.2) is 0 Å². The van der Waals surface area contributed by atoms with E-state index >= 15 is 0 Å². The molecule has 10 heteroatoms. The molecule has 0 saturated heterocycles. The van der Waals surface area contributed by atoms with Gasteiger partial charge in [-0.15, -0.1) is 13.2 Å². The standard InChI is InChI=1S/C20H22F3N5O2/c1-19(2)15(9-16(19)29)27-17-13(10-24)11-26-18(28-17)25-8-7-12-5-3-4-6-14(12)30-20(21,22)23/h3-6,11,15-16,29H,7-9H2,1-2H3,(H2,25,26,27,28)/t15-,16+/m1/s1. The lowest BCUT2D eigenvalue weighted by Crippen LogP contribution is -2.57. The second-order valence-corrected chi connectivity index (χ2v) is 7.67. The van der Waals surface area contributed by atoms with E-state index < -0.39 is 12.5 Å². The van der Waals surface area contributed by atoms with Gasteiger partial charge in [0.05, 0.1) is 12.3 Å². The van der Waals surface area contributed by atoms with E-state index in [2.05, 4.69) is 25.3 Å². The third-order valence-electron chi connectivity index (χ3n) is 5.31.